The molecule has 1 heterocycles. The standard InChI is InChI=1S/C16H24O2/c1-2-10-17-11-4-3-6-14-8-9-16-15(13-14)7-5-12-18-16/h8-9,13H,2-7,10-12H2,1H3. The Hall–Kier alpha value is -1.02. The number of benzene rings is 1. The minimum absolute atomic E-state index is 0.876. The quantitative estimate of drug-likeness (QED) is 0.684. The van der Waals surface area contributed by atoms with Crippen LogP contribution in [-0.4, -0.2) is 19.8 Å². The first-order chi connectivity index (χ1) is 8.90. The van der Waals surface area contributed by atoms with Gasteiger partial charge >= 0.3 is 0 Å². The van der Waals surface area contributed by atoms with Gasteiger partial charge < -0.3 is 9.47 Å². The molecule has 1 aliphatic heterocycles. The van der Waals surface area contributed by atoms with Crippen molar-refractivity contribution in [2.75, 3.05) is 19.8 Å². The van der Waals surface area contributed by atoms with E-state index in [0.717, 1.165) is 51.3 Å². The first-order valence-electron chi connectivity index (χ1n) is 7.22. The number of ether oxygens (including phenoxy) is 2. The minimum Gasteiger partial charge on any atom is -0.493 e. The normalized spacial score (nSPS) is 14.1. The van der Waals surface area contributed by atoms with E-state index >= 15 is 0 Å². The zero-order valence-electron chi connectivity index (χ0n) is 11.4. The molecule has 1 aromatic carbocycles. The number of aryl methyl sites for hydroxylation is 2. The van der Waals surface area contributed by atoms with Crippen LogP contribution < -0.4 is 4.74 Å². The predicted molar refractivity (Wildman–Crippen MR) is 74.3 cm³/mol. The Kier molecular flexibility index (Phi) is 5.53. The van der Waals surface area contributed by atoms with Crippen LogP contribution in [0, 0.1) is 0 Å². The van der Waals surface area contributed by atoms with Crippen molar-refractivity contribution in [3.8, 4) is 5.75 Å². The van der Waals surface area contributed by atoms with Gasteiger partial charge in [0.05, 0.1) is 6.61 Å². The monoisotopic (exact) mass is 248 g/mol. The van der Waals surface area contributed by atoms with E-state index in [1.807, 2.05) is 0 Å². The summed E-state index contributed by atoms with van der Waals surface area (Å²) in [5.74, 6) is 1.09. The molecule has 0 atom stereocenters. The van der Waals surface area contributed by atoms with Crippen molar-refractivity contribution in [1.29, 1.82) is 0 Å². The average Bonchev–Trinajstić information content (AvgIpc) is 2.42. The van der Waals surface area contributed by atoms with Crippen molar-refractivity contribution in [1.82, 2.24) is 0 Å². The lowest BCUT2D eigenvalue weighted by Gasteiger charge is -2.17. The predicted octanol–water partition coefficient (Wildman–Crippen LogP) is 3.76. The van der Waals surface area contributed by atoms with Crippen LogP contribution in [0.3, 0.4) is 0 Å². The van der Waals surface area contributed by atoms with Gasteiger partial charge in [0.2, 0.25) is 0 Å². The summed E-state index contributed by atoms with van der Waals surface area (Å²) in [6, 6.07) is 6.66. The molecule has 0 bridgehead atoms. The van der Waals surface area contributed by atoms with Crippen molar-refractivity contribution >= 4 is 0 Å². The van der Waals surface area contributed by atoms with Crippen LogP contribution in [0.25, 0.3) is 0 Å². The highest BCUT2D eigenvalue weighted by molar-refractivity contribution is 5.38. The Balaban J connectivity index is 1.72. The number of fused-ring (bicyclic) bond motifs is 1. The Morgan fingerprint density at radius 3 is 3.06 bits per heavy atom. The second-order valence-electron chi connectivity index (χ2n) is 4.96. The second kappa shape index (κ2) is 7.42. The fourth-order valence-corrected chi connectivity index (χ4v) is 2.35. The molecule has 0 fully saturated rings. The number of hydrogen-bond donors (Lipinski definition) is 0. The Morgan fingerprint density at radius 1 is 1.22 bits per heavy atom. The molecule has 0 aromatic heterocycles. The van der Waals surface area contributed by atoms with Gasteiger partial charge in [-0.15, -0.1) is 0 Å². The molecule has 0 radical (unpaired) electrons. The third-order valence-corrected chi connectivity index (χ3v) is 3.33. The summed E-state index contributed by atoms with van der Waals surface area (Å²) in [5.41, 5.74) is 2.83. The number of hydrogen-bond acceptors (Lipinski definition) is 2. The lowest BCUT2D eigenvalue weighted by molar-refractivity contribution is 0.131. The van der Waals surface area contributed by atoms with E-state index in [0.29, 0.717) is 0 Å². The summed E-state index contributed by atoms with van der Waals surface area (Å²) >= 11 is 0. The number of unbranched alkanes of at least 4 members (excludes halogenated alkanes) is 1. The fourth-order valence-electron chi connectivity index (χ4n) is 2.35. The van der Waals surface area contributed by atoms with E-state index in [9.17, 15) is 0 Å². The van der Waals surface area contributed by atoms with Crippen molar-refractivity contribution in [2.45, 2.75) is 45.4 Å². The fraction of sp³-hybridized carbons (Fsp3) is 0.625. The lowest BCUT2D eigenvalue weighted by Crippen LogP contribution is -2.08. The van der Waals surface area contributed by atoms with Crippen molar-refractivity contribution in [2.24, 2.45) is 0 Å². The molecule has 18 heavy (non-hydrogen) atoms. The average molecular weight is 248 g/mol. The molecule has 0 aliphatic carbocycles. The molecular formula is C16H24O2. The maximum Gasteiger partial charge on any atom is 0.122 e. The van der Waals surface area contributed by atoms with E-state index < -0.39 is 0 Å². The molecule has 2 heteroatoms. The molecule has 1 aliphatic rings. The van der Waals surface area contributed by atoms with Crippen molar-refractivity contribution in [3.63, 3.8) is 0 Å². The highest BCUT2D eigenvalue weighted by Gasteiger charge is 2.10. The molecule has 2 rings (SSSR count). The summed E-state index contributed by atoms with van der Waals surface area (Å²) < 4.78 is 11.1. The summed E-state index contributed by atoms with van der Waals surface area (Å²) in [5, 5.41) is 0. The lowest BCUT2D eigenvalue weighted by atomic mass is 10.0. The van der Waals surface area contributed by atoms with Crippen LogP contribution in [0.15, 0.2) is 18.2 Å². The number of rotatable bonds is 7. The van der Waals surface area contributed by atoms with E-state index in [2.05, 4.69) is 25.1 Å². The topological polar surface area (TPSA) is 18.5 Å². The third-order valence-electron chi connectivity index (χ3n) is 3.33. The van der Waals surface area contributed by atoms with Gasteiger partial charge in [-0.3, -0.25) is 0 Å². The maximum absolute atomic E-state index is 5.63. The van der Waals surface area contributed by atoms with E-state index in [-0.39, 0.29) is 0 Å². The Labute approximate surface area is 110 Å². The Bertz CT molecular complexity index is 360. The van der Waals surface area contributed by atoms with Crippen LogP contribution in [0.1, 0.15) is 43.7 Å². The molecular weight excluding hydrogens is 224 g/mol. The molecule has 1 aromatic rings. The first kappa shape index (κ1) is 13.4. The van der Waals surface area contributed by atoms with Gasteiger partial charge in [0.15, 0.2) is 0 Å². The van der Waals surface area contributed by atoms with Gasteiger partial charge in [0.1, 0.15) is 5.75 Å². The maximum atomic E-state index is 5.63. The highest BCUT2D eigenvalue weighted by Crippen LogP contribution is 2.26. The van der Waals surface area contributed by atoms with Crippen molar-refractivity contribution < 1.29 is 9.47 Å². The van der Waals surface area contributed by atoms with Gasteiger partial charge in [-0.25, -0.2) is 0 Å². The van der Waals surface area contributed by atoms with Crippen LogP contribution in [0.4, 0.5) is 0 Å². The summed E-state index contributed by atoms with van der Waals surface area (Å²) in [6.45, 7) is 4.83. The summed E-state index contributed by atoms with van der Waals surface area (Å²) in [7, 11) is 0. The summed E-state index contributed by atoms with van der Waals surface area (Å²) in [6.07, 6.45) is 6.97. The van der Waals surface area contributed by atoms with Gasteiger partial charge in [0.25, 0.3) is 0 Å². The van der Waals surface area contributed by atoms with Gasteiger partial charge in [-0.05, 0) is 55.7 Å². The van der Waals surface area contributed by atoms with E-state index in [1.165, 1.54) is 24.0 Å². The van der Waals surface area contributed by atoms with Crippen LogP contribution in [0.5, 0.6) is 5.75 Å². The molecule has 0 saturated carbocycles. The van der Waals surface area contributed by atoms with Gasteiger partial charge in [0, 0.05) is 13.2 Å². The zero-order valence-corrected chi connectivity index (χ0v) is 11.4. The zero-order chi connectivity index (χ0) is 12.6. The molecule has 0 N–H and O–H groups in total. The second-order valence-corrected chi connectivity index (χ2v) is 4.96. The Morgan fingerprint density at radius 2 is 2.17 bits per heavy atom. The molecule has 2 nitrogen and oxygen atoms in total. The molecule has 0 unspecified atom stereocenters. The summed E-state index contributed by atoms with van der Waals surface area (Å²) in [4.78, 5) is 0. The smallest absolute Gasteiger partial charge is 0.122 e. The largest absolute Gasteiger partial charge is 0.493 e. The van der Waals surface area contributed by atoms with E-state index in [4.69, 9.17) is 9.47 Å². The molecule has 0 saturated heterocycles. The van der Waals surface area contributed by atoms with Crippen molar-refractivity contribution in [3.05, 3.63) is 29.3 Å². The van der Waals surface area contributed by atoms with E-state index in [1.54, 1.807) is 0 Å². The molecule has 0 amide bonds. The van der Waals surface area contributed by atoms with Gasteiger partial charge in [-0.1, -0.05) is 19.1 Å². The molecule has 0 spiro atoms. The van der Waals surface area contributed by atoms with Gasteiger partial charge in [-0.2, -0.15) is 0 Å². The van der Waals surface area contributed by atoms with Crippen LogP contribution in [0.2, 0.25) is 0 Å². The first-order valence-corrected chi connectivity index (χ1v) is 7.22. The third kappa shape index (κ3) is 4.02. The minimum atomic E-state index is 0.876. The SMILES string of the molecule is CCCOCCCCc1ccc2c(c1)CCCO2. The highest BCUT2D eigenvalue weighted by atomic mass is 16.5. The molecule has 100 valence electrons. The van der Waals surface area contributed by atoms with Crippen LogP contribution in [-0.2, 0) is 17.6 Å². The van der Waals surface area contributed by atoms with Crippen LogP contribution >= 0.6 is 0 Å².